The molecule has 1 aromatic heterocycles. The minimum absolute atomic E-state index is 0.596. The van der Waals surface area contributed by atoms with Gasteiger partial charge < -0.3 is 14.5 Å². The van der Waals surface area contributed by atoms with Gasteiger partial charge in [-0.25, -0.2) is 4.98 Å². The number of hydrogen-bond acceptors (Lipinski definition) is 3. The topological polar surface area (TPSA) is 47.1 Å². The van der Waals surface area contributed by atoms with E-state index in [0.29, 0.717) is 6.61 Å². The summed E-state index contributed by atoms with van der Waals surface area (Å²) < 4.78 is 10.9. The van der Waals surface area contributed by atoms with Crippen LogP contribution in [0.3, 0.4) is 0 Å². The van der Waals surface area contributed by atoms with Crippen molar-refractivity contribution in [3.63, 3.8) is 0 Å². The zero-order valence-corrected chi connectivity index (χ0v) is 12.4. The van der Waals surface area contributed by atoms with Crippen molar-refractivity contribution in [3.8, 4) is 22.9 Å². The van der Waals surface area contributed by atoms with Crippen LogP contribution >= 0.6 is 0 Å². The van der Waals surface area contributed by atoms with Gasteiger partial charge in [0.05, 0.1) is 24.8 Å². The van der Waals surface area contributed by atoms with E-state index in [0.717, 1.165) is 33.9 Å². The number of nitrogens with one attached hydrogen (secondary N) is 1. The first-order valence-electron chi connectivity index (χ1n) is 6.99. The van der Waals surface area contributed by atoms with Gasteiger partial charge in [-0.05, 0) is 49.7 Å². The number of fused-ring (bicyclic) bond motifs is 1. The molecule has 4 nitrogen and oxygen atoms in total. The Labute approximate surface area is 123 Å². The Morgan fingerprint density at radius 3 is 2.71 bits per heavy atom. The summed E-state index contributed by atoms with van der Waals surface area (Å²) in [5.74, 6) is 2.29. The van der Waals surface area contributed by atoms with Crippen LogP contribution < -0.4 is 9.47 Å². The van der Waals surface area contributed by atoms with Crippen molar-refractivity contribution in [2.24, 2.45) is 0 Å². The van der Waals surface area contributed by atoms with Gasteiger partial charge in [-0.2, -0.15) is 0 Å². The quantitative estimate of drug-likeness (QED) is 0.788. The molecule has 0 radical (unpaired) electrons. The van der Waals surface area contributed by atoms with E-state index in [-0.39, 0.29) is 0 Å². The average Bonchev–Trinajstić information content (AvgIpc) is 2.90. The molecule has 0 aliphatic heterocycles. The van der Waals surface area contributed by atoms with Crippen LogP contribution in [0, 0.1) is 6.92 Å². The molecule has 0 aliphatic carbocycles. The maximum Gasteiger partial charge on any atom is 0.161 e. The molecule has 4 heteroatoms. The summed E-state index contributed by atoms with van der Waals surface area (Å²) in [6.07, 6.45) is 0. The summed E-state index contributed by atoms with van der Waals surface area (Å²) >= 11 is 0. The number of rotatable bonds is 4. The number of H-pyrrole nitrogens is 1. The number of aromatic nitrogens is 2. The lowest BCUT2D eigenvalue weighted by atomic mass is 10.2. The first-order valence-corrected chi connectivity index (χ1v) is 6.99. The molecular formula is C17H18N2O2. The Morgan fingerprint density at radius 2 is 1.95 bits per heavy atom. The third-order valence-electron chi connectivity index (χ3n) is 3.37. The highest BCUT2D eigenvalue weighted by atomic mass is 16.5. The summed E-state index contributed by atoms with van der Waals surface area (Å²) in [6, 6.07) is 12.0. The molecule has 0 aliphatic rings. The maximum absolute atomic E-state index is 5.62. The van der Waals surface area contributed by atoms with E-state index in [4.69, 9.17) is 9.47 Å². The highest BCUT2D eigenvalue weighted by Crippen LogP contribution is 2.32. The molecule has 2 aromatic carbocycles. The van der Waals surface area contributed by atoms with Crippen molar-refractivity contribution >= 4 is 11.0 Å². The molecule has 0 saturated carbocycles. The summed E-state index contributed by atoms with van der Waals surface area (Å²) in [4.78, 5) is 7.98. The van der Waals surface area contributed by atoms with Gasteiger partial charge in [0.1, 0.15) is 5.82 Å². The van der Waals surface area contributed by atoms with Crippen molar-refractivity contribution in [1.82, 2.24) is 9.97 Å². The molecule has 0 amide bonds. The Kier molecular flexibility index (Phi) is 3.52. The minimum Gasteiger partial charge on any atom is -0.493 e. The fourth-order valence-corrected chi connectivity index (χ4v) is 2.35. The average molecular weight is 282 g/mol. The first-order chi connectivity index (χ1) is 10.2. The molecule has 0 spiro atoms. The Bertz CT molecular complexity index is 778. The van der Waals surface area contributed by atoms with Crippen LogP contribution in [-0.4, -0.2) is 23.7 Å². The van der Waals surface area contributed by atoms with E-state index in [2.05, 4.69) is 29.0 Å². The molecule has 0 unspecified atom stereocenters. The van der Waals surface area contributed by atoms with Gasteiger partial charge in [-0.15, -0.1) is 0 Å². The number of methoxy groups -OCH3 is 1. The van der Waals surface area contributed by atoms with Gasteiger partial charge in [-0.1, -0.05) is 6.07 Å². The van der Waals surface area contributed by atoms with Gasteiger partial charge in [0, 0.05) is 5.56 Å². The van der Waals surface area contributed by atoms with Crippen LogP contribution in [-0.2, 0) is 0 Å². The van der Waals surface area contributed by atoms with Gasteiger partial charge in [0.2, 0.25) is 0 Å². The van der Waals surface area contributed by atoms with Gasteiger partial charge in [0.15, 0.2) is 11.5 Å². The largest absolute Gasteiger partial charge is 0.493 e. The first kappa shape index (κ1) is 13.5. The number of imidazole rings is 1. The third kappa shape index (κ3) is 2.57. The molecule has 0 bridgehead atoms. The number of hydrogen-bond donors (Lipinski definition) is 1. The second kappa shape index (κ2) is 5.48. The van der Waals surface area contributed by atoms with Crippen LogP contribution in [0.4, 0.5) is 0 Å². The molecule has 0 atom stereocenters. The second-order valence-corrected chi connectivity index (χ2v) is 4.90. The number of aromatic amines is 1. The highest BCUT2D eigenvalue weighted by Gasteiger charge is 2.10. The Morgan fingerprint density at radius 1 is 1.10 bits per heavy atom. The van der Waals surface area contributed by atoms with Crippen LogP contribution in [0.5, 0.6) is 11.5 Å². The molecule has 0 saturated heterocycles. The lowest BCUT2D eigenvalue weighted by Gasteiger charge is -2.10. The highest BCUT2D eigenvalue weighted by molar-refractivity contribution is 5.80. The fraction of sp³-hybridized carbons (Fsp3) is 0.235. The van der Waals surface area contributed by atoms with Gasteiger partial charge >= 0.3 is 0 Å². The van der Waals surface area contributed by atoms with E-state index >= 15 is 0 Å². The molecule has 1 N–H and O–H groups in total. The van der Waals surface area contributed by atoms with Crippen molar-refractivity contribution in [1.29, 1.82) is 0 Å². The molecule has 0 fully saturated rings. The van der Waals surface area contributed by atoms with Gasteiger partial charge in [-0.3, -0.25) is 0 Å². The van der Waals surface area contributed by atoms with E-state index in [9.17, 15) is 0 Å². The standard InChI is InChI=1S/C17H18N2O2/c1-4-21-16-10-12(6-8-15(16)20-3)17-18-13-7-5-11(2)9-14(13)19-17/h5-10H,4H2,1-3H3,(H,18,19). The zero-order chi connectivity index (χ0) is 14.8. The zero-order valence-electron chi connectivity index (χ0n) is 12.4. The lowest BCUT2D eigenvalue weighted by molar-refractivity contribution is 0.311. The van der Waals surface area contributed by atoms with Gasteiger partial charge in [0.25, 0.3) is 0 Å². The maximum atomic E-state index is 5.62. The van der Waals surface area contributed by atoms with Crippen molar-refractivity contribution in [3.05, 3.63) is 42.0 Å². The van der Waals surface area contributed by atoms with E-state index in [1.807, 2.05) is 31.2 Å². The number of nitrogens with zero attached hydrogens (tertiary/aromatic N) is 1. The normalized spacial score (nSPS) is 10.8. The van der Waals surface area contributed by atoms with Crippen LogP contribution in [0.15, 0.2) is 36.4 Å². The molecule has 21 heavy (non-hydrogen) atoms. The fourth-order valence-electron chi connectivity index (χ4n) is 2.35. The van der Waals surface area contributed by atoms with Crippen molar-refractivity contribution in [2.75, 3.05) is 13.7 Å². The molecule has 3 rings (SSSR count). The van der Waals surface area contributed by atoms with E-state index in [1.165, 1.54) is 5.56 Å². The van der Waals surface area contributed by atoms with Crippen LogP contribution in [0.2, 0.25) is 0 Å². The Balaban J connectivity index is 2.07. The molecule has 1 heterocycles. The van der Waals surface area contributed by atoms with Crippen LogP contribution in [0.25, 0.3) is 22.4 Å². The lowest BCUT2D eigenvalue weighted by Crippen LogP contribution is -1.95. The van der Waals surface area contributed by atoms with Crippen molar-refractivity contribution in [2.45, 2.75) is 13.8 Å². The van der Waals surface area contributed by atoms with E-state index in [1.54, 1.807) is 7.11 Å². The molecule has 108 valence electrons. The minimum atomic E-state index is 0.596. The van der Waals surface area contributed by atoms with Crippen molar-refractivity contribution < 1.29 is 9.47 Å². The predicted octanol–water partition coefficient (Wildman–Crippen LogP) is 3.95. The summed E-state index contributed by atoms with van der Waals surface area (Å²) in [6.45, 7) is 4.62. The Hall–Kier alpha value is -2.49. The summed E-state index contributed by atoms with van der Waals surface area (Å²) in [7, 11) is 1.64. The molecular weight excluding hydrogens is 264 g/mol. The third-order valence-corrected chi connectivity index (χ3v) is 3.37. The van der Waals surface area contributed by atoms with Crippen LogP contribution in [0.1, 0.15) is 12.5 Å². The van der Waals surface area contributed by atoms with E-state index < -0.39 is 0 Å². The monoisotopic (exact) mass is 282 g/mol. The number of benzene rings is 2. The predicted molar refractivity (Wildman–Crippen MR) is 84.0 cm³/mol. The number of aryl methyl sites for hydroxylation is 1. The smallest absolute Gasteiger partial charge is 0.161 e. The summed E-state index contributed by atoms with van der Waals surface area (Å²) in [5, 5.41) is 0. The molecule has 3 aromatic rings. The summed E-state index contributed by atoms with van der Waals surface area (Å²) in [5.41, 5.74) is 4.19. The second-order valence-electron chi connectivity index (χ2n) is 4.90. The number of ether oxygens (including phenoxy) is 2. The SMILES string of the molecule is CCOc1cc(-c2nc3ccc(C)cc3[nH]2)ccc1OC.